The monoisotopic (exact) mass is 395 g/mol. The quantitative estimate of drug-likeness (QED) is 0.466. The summed E-state index contributed by atoms with van der Waals surface area (Å²) < 4.78 is 4.08. The number of rotatable bonds is 8. The van der Waals surface area contributed by atoms with Gasteiger partial charge in [-0.3, -0.25) is 4.79 Å². The van der Waals surface area contributed by atoms with E-state index in [1.165, 1.54) is 17.3 Å². The minimum atomic E-state index is -0.0610. The van der Waals surface area contributed by atoms with E-state index in [0.29, 0.717) is 13.0 Å². The Labute approximate surface area is 169 Å². The van der Waals surface area contributed by atoms with Crippen molar-refractivity contribution < 1.29 is 4.79 Å². The van der Waals surface area contributed by atoms with E-state index in [-0.39, 0.29) is 11.7 Å². The van der Waals surface area contributed by atoms with Gasteiger partial charge in [-0.1, -0.05) is 35.5 Å². The van der Waals surface area contributed by atoms with Gasteiger partial charge >= 0.3 is 0 Å². The first-order chi connectivity index (χ1) is 13.5. The summed E-state index contributed by atoms with van der Waals surface area (Å²) in [7, 11) is 2.01. The molecule has 6 nitrogen and oxygen atoms in total. The van der Waals surface area contributed by atoms with Crippen LogP contribution < -0.4 is 5.32 Å². The predicted octanol–water partition coefficient (Wildman–Crippen LogP) is 3.74. The summed E-state index contributed by atoms with van der Waals surface area (Å²) in [6.45, 7) is 8.46. The van der Waals surface area contributed by atoms with Gasteiger partial charge in [-0.2, -0.15) is 0 Å². The highest BCUT2D eigenvalue weighted by molar-refractivity contribution is 7.99. The van der Waals surface area contributed by atoms with Crippen molar-refractivity contribution in [1.29, 1.82) is 0 Å². The van der Waals surface area contributed by atoms with Crippen LogP contribution in [0.5, 0.6) is 0 Å². The molecule has 0 aliphatic heterocycles. The van der Waals surface area contributed by atoms with E-state index in [4.69, 9.17) is 0 Å². The zero-order valence-electron chi connectivity index (χ0n) is 16.5. The maximum atomic E-state index is 12.4. The molecule has 0 radical (unpaired) electrons. The number of hydrogen-bond acceptors (Lipinski definition) is 4. The van der Waals surface area contributed by atoms with Crippen molar-refractivity contribution in [3.8, 4) is 0 Å². The van der Waals surface area contributed by atoms with Gasteiger partial charge in [0.2, 0.25) is 5.91 Å². The van der Waals surface area contributed by atoms with Crippen LogP contribution >= 0.6 is 11.8 Å². The van der Waals surface area contributed by atoms with E-state index in [1.54, 1.807) is 0 Å². The minimum absolute atomic E-state index is 0.0610. The van der Waals surface area contributed by atoms with Gasteiger partial charge < -0.3 is 14.5 Å². The maximum absolute atomic E-state index is 12.4. The molecule has 0 bridgehead atoms. The van der Waals surface area contributed by atoms with Crippen LogP contribution in [0.4, 0.5) is 5.69 Å². The summed E-state index contributed by atoms with van der Waals surface area (Å²) in [4.78, 5) is 12.4. The van der Waals surface area contributed by atoms with E-state index in [2.05, 4.69) is 38.8 Å². The lowest BCUT2D eigenvalue weighted by molar-refractivity contribution is -0.113. The number of thioether (sulfide) groups is 1. The molecule has 3 aromatic rings. The molecule has 0 spiro atoms. The van der Waals surface area contributed by atoms with Crippen LogP contribution in [0.2, 0.25) is 0 Å². The number of carbonyl (C=O) groups is 1. The first kappa shape index (κ1) is 19.9. The third-order valence-electron chi connectivity index (χ3n) is 4.48. The number of hydrogen-bond donors (Lipinski definition) is 1. The number of benzene rings is 1. The second-order valence-corrected chi connectivity index (χ2v) is 7.68. The van der Waals surface area contributed by atoms with Crippen LogP contribution in [-0.2, 0) is 24.8 Å². The average molecular weight is 396 g/mol. The summed E-state index contributed by atoms with van der Waals surface area (Å²) >= 11 is 1.38. The SMILES string of the molecule is C=CCn1c(Cc2cccn2C)nnc1SCC(=O)Nc1ccc(C)cc1C. The molecule has 0 aliphatic carbocycles. The highest BCUT2D eigenvalue weighted by Crippen LogP contribution is 2.21. The molecule has 2 aromatic heterocycles. The van der Waals surface area contributed by atoms with Crippen LogP contribution in [0.3, 0.4) is 0 Å². The Morgan fingerprint density at radius 1 is 1.29 bits per heavy atom. The Morgan fingerprint density at radius 3 is 2.79 bits per heavy atom. The first-order valence-electron chi connectivity index (χ1n) is 9.11. The Hall–Kier alpha value is -2.80. The number of carbonyl (C=O) groups excluding carboxylic acids is 1. The number of amides is 1. The molecular weight excluding hydrogens is 370 g/mol. The highest BCUT2D eigenvalue weighted by Gasteiger charge is 2.15. The number of nitrogens with zero attached hydrogens (tertiary/aromatic N) is 4. The van der Waals surface area contributed by atoms with E-state index in [1.807, 2.05) is 55.9 Å². The molecular formula is C21H25N5OS. The van der Waals surface area contributed by atoms with Gasteiger partial charge in [0, 0.05) is 37.6 Å². The van der Waals surface area contributed by atoms with Gasteiger partial charge in [0.05, 0.1) is 5.75 Å². The molecule has 2 heterocycles. The molecule has 0 fully saturated rings. The number of nitrogens with one attached hydrogen (secondary N) is 1. The fourth-order valence-electron chi connectivity index (χ4n) is 2.98. The summed E-state index contributed by atoms with van der Waals surface area (Å²) in [6.07, 6.45) is 4.51. The second kappa shape index (κ2) is 8.93. The Morgan fingerprint density at radius 2 is 2.11 bits per heavy atom. The zero-order valence-corrected chi connectivity index (χ0v) is 17.3. The van der Waals surface area contributed by atoms with Crippen LogP contribution in [0.1, 0.15) is 22.6 Å². The smallest absolute Gasteiger partial charge is 0.234 e. The normalized spacial score (nSPS) is 10.8. The zero-order chi connectivity index (χ0) is 20.1. The molecule has 146 valence electrons. The van der Waals surface area contributed by atoms with E-state index < -0.39 is 0 Å². The number of anilines is 1. The van der Waals surface area contributed by atoms with Crippen molar-refractivity contribution in [2.45, 2.75) is 32.0 Å². The lowest BCUT2D eigenvalue weighted by Crippen LogP contribution is -2.15. The second-order valence-electron chi connectivity index (χ2n) is 6.74. The van der Waals surface area contributed by atoms with Crippen LogP contribution in [0, 0.1) is 13.8 Å². The standard InChI is InChI=1S/C21H25N5OS/c1-5-10-26-19(13-17-7-6-11-25(17)4)23-24-21(26)28-14-20(27)22-18-9-8-15(2)12-16(18)3/h5-9,11-12H,1,10,13-14H2,2-4H3,(H,22,27). The molecule has 3 rings (SSSR count). The maximum Gasteiger partial charge on any atom is 0.234 e. The fraction of sp³-hybridized carbons (Fsp3) is 0.286. The molecule has 0 aliphatic rings. The summed E-state index contributed by atoms with van der Waals surface area (Å²) in [5.74, 6) is 1.07. The number of allylic oxidation sites excluding steroid dienone is 1. The molecule has 1 amide bonds. The molecule has 28 heavy (non-hydrogen) atoms. The molecule has 7 heteroatoms. The Bertz CT molecular complexity index is 989. The van der Waals surface area contributed by atoms with Gasteiger partial charge in [0.15, 0.2) is 5.16 Å². The molecule has 0 saturated carbocycles. The summed E-state index contributed by atoms with van der Waals surface area (Å²) in [5.41, 5.74) is 4.22. The van der Waals surface area contributed by atoms with Crippen molar-refractivity contribution in [3.05, 3.63) is 71.8 Å². The van der Waals surface area contributed by atoms with Crippen molar-refractivity contribution in [2.75, 3.05) is 11.1 Å². The Kier molecular flexibility index (Phi) is 6.36. The summed E-state index contributed by atoms with van der Waals surface area (Å²) in [6, 6.07) is 10.1. The van der Waals surface area contributed by atoms with E-state index >= 15 is 0 Å². The Balaban J connectivity index is 1.67. The van der Waals surface area contributed by atoms with Gasteiger partial charge in [-0.25, -0.2) is 0 Å². The third kappa shape index (κ3) is 4.72. The lowest BCUT2D eigenvalue weighted by Gasteiger charge is -2.10. The average Bonchev–Trinajstić information content (AvgIpc) is 3.23. The van der Waals surface area contributed by atoms with Crippen molar-refractivity contribution in [1.82, 2.24) is 19.3 Å². The molecule has 0 unspecified atom stereocenters. The van der Waals surface area contributed by atoms with Crippen molar-refractivity contribution >= 4 is 23.4 Å². The largest absolute Gasteiger partial charge is 0.354 e. The number of aromatic nitrogens is 4. The van der Waals surface area contributed by atoms with Crippen molar-refractivity contribution in [3.63, 3.8) is 0 Å². The molecule has 0 saturated heterocycles. The van der Waals surface area contributed by atoms with Gasteiger partial charge in [0.25, 0.3) is 0 Å². The van der Waals surface area contributed by atoms with Gasteiger partial charge in [-0.15, -0.1) is 16.8 Å². The predicted molar refractivity (Wildman–Crippen MR) is 114 cm³/mol. The fourth-order valence-corrected chi connectivity index (χ4v) is 3.75. The van der Waals surface area contributed by atoms with E-state index in [9.17, 15) is 4.79 Å². The third-order valence-corrected chi connectivity index (χ3v) is 5.45. The lowest BCUT2D eigenvalue weighted by atomic mass is 10.1. The summed E-state index contributed by atoms with van der Waals surface area (Å²) in [5, 5.41) is 12.3. The molecule has 0 atom stereocenters. The van der Waals surface area contributed by atoms with Gasteiger partial charge in [-0.05, 0) is 37.6 Å². The van der Waals surface area contributed by atoms with Crippen LogP contribution in [-0.4, -0.2) is 31.0 Å². The molecule has 1 aromatic carbocycles. The van der Waals surface area contributed by atoms with Crippen LogP contribution in [0.25, 0.3) is 0 Å². The van der Waals surface area contributed by atoms with Gasteiger partial charge in [0.1, 0.15) is 5.82 Å². The van der Waals surface area contributed by atoms with E-state index in [0.717, 1.165) is 27.9 Å². The highest BCUT2D eigenvalue weighted by atomic mass is 32.2. The van der Waals surface area contributed by atoms with Crippen molar-refractivity contribution in [2.24, 2.45) is 7.05 Å². The molecule has 1 N–H and O–H groups in total. The number of aryl methyl sites for hydroxylation is 3. The first-order valence-corrected chi connectivity index (χ1v) is 10.1. The van der Waals surface area contributed by atoms with Crippen LogP contribution in [0.15, 0.2) is 54.3 Å². The topological polar surface area (TPSA) is 64.7 Å². The minimum Gasteiger partial charge on any atom is -0.354 e.